The van der Waals surface area contributed by atoms with Gasteiger partial charge >= 0.3 is 6.03 Å². The molecule has 194 valence electrons. The Morgan fingerprint density at radius 1 is 1.03 bits per heavy atom. The smallest absolute Gasteiger partial charge is 0.317 e. The fraction of sp³-hybridized carbons (Fsp3) is 0.481. The van der Waals surface area contributed by atoms with Crippen LogP contribution in [-0.4, -0.2) is 72.5 Å². The number of rotatable bonds is 6. The molecule has 9 heteroatoms. The summed E-state index contributed by atoms with van der Waals surface area (Å²) in [6, 6.07) is 14.1. The molecule has 3 heterocycles. The average molecular weight is 552 g/mol. The summed E-state index contributed by atoms with van der Waals surface area (Å²) in [5, 5.41) is 4.05. The number of nitrogens with zero attached hydrogens (tertiary/aromatic N) is 3. The lowest BCUT2D eigenvalue weighted by atomic mass is 9.84. The summed E-state index contributed by atoms with van der Waals surface area (Å²) in [5.74, 6) is 0.157. The third kappa shape index (κ3) is 5.33. The Labute approximate surface area is 229 Å². The summed E-state index contributed by atoms with van der Waals surface area (Å²) < 4.78 is 0. The van der Waals surface area contributed by atoms with Crippen molar-refractivity contribution in [3.63, 3.8) is 0 Å². The van der Waals surface area contributed by atoms with E-state index in [1.165, 1.54) is 0 Å². The van der Waals surface area contributed by atoms with Gasteiger partial charge in [-0.15, -0.1) is 12.4 Å². The van der Waals surface area contributed by atoms with Crippen LogP contribution >= 0.6 is 35.6 Å². The zero-order valence-corrected chi connectivity index (χ0v) is 22.8. The summed E-state index contributed by atoms with van der Waals surface area (Å²) in [6.07, 6.45) is 3.90. The highest BCUT2D eigenvalue weighted by Gasteiger charge is 2.40. The molecule has 36 heavy (non-hydrogen) atoms. The number of likely N-dealkylation sites (tertiary alicyclic amines) is 1. The summed E-state index contributed by atoms with van der Waals surface area (Å²) >= 11 is 12.6. The number of amides is 3. The molecule has 0 aliphatic carbocycles. The minimum absolute atomic E-state index is 0. The molecule has 2 saturated heterocycles. The van der Waals surface area contributed by atoms with Crippen molar-refractivity contribution >= 4 is 47.5 Å². The number of benzene rings is 2. The van der Waals surface area contributed by atoms with E-state index in [1.807, 2.05) is 53.2 Å². The van der Waals surface area contributed by atoms with Gasteiger partial charge in [-0.1, -0.05) is 47.5 Å². The summed E-state index contributed by atoms with van der Waals surface area (Å²) in [5.41, 5.74) is 2.96. The van der Waals surface area contributed by atoms with Crippen LogP contribution in [-0.2, 0) is 0 Å². The lowest BCUT2D eigenvalue weighted by Crippen LogP contribution is -2.54. The first-order valence-electron chi connectivity index (χ1n) is 12.5. The van der Waals surface area contributed by atoms with E-state index in [9.17, 15) is 9.59 Å². The molecule has 0 aromatic heterocycles. The number of hydrogen-bond acceptors (Lipinski definition) is 3. The maximum absolute atomic E-state index is 13.0. The third-order valence-corrected chi connectivity index (χ3v) is 8.61. The van der Waals surface area contributed by atoms with Crippen LogP contribution in [0.3, 0.4) is 0 Å². The maximum Gasteiger partial charge on any atom is 0.317 e. The van der Waals surface area contributed by atoms with E-state index in [4.69, 9.17) is 23.2 Å². The Morgan fingerprint density at radius 3 is 2.50 bits per heavy atom. The molecular formula is C27H33Cl3N4O2. The fourth-order valence-electron chi connectivity index (χ4n) is 5.98. The molecule has 3 aliphatic rings. The number of carbonyl (C=O) groups excluding carboxylic acids is 2. The van der Waals surface area contributed by atoms with E-state index in [-0.39, 0.29) is 36.3 Å². The molecule has 6 nitrogen and oxygen atoms in total. The Bertz CT molecular complexity index is 1110. The first kappa shape index (κ1) is 27.1. The van der Waals surface area contributed by atoms with Crippen molar-refractivity contribution < 1.29 is 9.59 Å². The number of likely N-dealkylation sites (N-methyl/N-ethyl adjacent to an activating group) is 1. The molecule has 2 unspecified atom stereocenters. The predicted octanol–water partition coefficient (Wildman–Crippen LogP) is 5.60. The molecule has 2 fully saturated rings. The van der Waals surface area contributed by atoms with E-state index < -0.39 is 0 Å². The zero-order valence-electron chi connectivity index (χ0n) is 20.5. The Balaban J connectivity index is 0.00000304. The quantitative estimate of drug-likeness (QED) is 0.509. The maximum atomic E-state index is 13.0. The Morgan fingerprint density at radius 2 is 1.78 bits per heavy atom. The number of nitrogens with one attached hydrogen (secondary N) is 1. The van der Waals surface area contributed by atoms with Crippen LogP contribution in [0.1, 0.15) is 59.1 Å². The molecule has 5 rings (SSSR count). The van der Waals surface area contributed by atoms with Crippen LogP contribution < -0.4 is 5.32 Å². The van der Waals surface area contributed by atoms with Gasteiger partial charge in [0.1, 0.15) is 0 Å². The summed E-state index contributed by atoms with van der Waals surface area (Å²) in [7, 11) is 1.90. The van der Waals surface area contributed by atoms with Gasteiger partial charge in [-0.2, -0.15) is 0 Å². The van der Waals surface area contributed by atoms with Crippen molar-refractivity contribution in [2.45, 2.75) is 43.7 Å². The van der Waals surface area contributed by atoms with Crippen molar-refractivity contribution in [3.8, 4) is 0 Å². The monoisotopic (exact) mass is 550 g/mol. The first-order valence-corrected chi connectivity index (χ1v) is 13.3. The molecule has 0 radical (unpaired) electrons. The minimum Gasteiger partial charge on any atom is -0.338 e. The molecule has 0 saturated carbocycles. The van der Waals surface area contributed by atoms with Crippen molar-refractivity contribution in [2.24, 2.45) is 0 Å². The molecule has 2 aromatic carbocycles. The van der Waals surface area contributed by atoms with Gasteiger partial charge in [-0.3, -0.25) is 4.79 Å². The van der Waals surface area contributed by atoms with E-state index in [0.717, 1.165) is 75.1 Å². The normalized spacial score (nSPS) is 21.7. The zero-order chi connectivity index (χ0) is 24.5. The Kier molecular flexibility index (Phi) is 8.71. The number of fused-ring (bicyclic) bond motifs is 1. The van der Waals surface area contributed by atoms with E-state index in [2.05, 4.69) is 16.3 Å². The van der Waals surface area contributed by atoms with Crippen LogP contribution in [0.5, 0.6) is 0 Å². The molecule has 3 amide bonds. The van der Waals surface area contributed by atoms with Crippen LogP contribution in [0, 0.1) is 0 Å². The van der Waals surface area contributed by atoms with E-state index in [0.29, 0.717) is 16.1 Å². The van der Waals surface area contributed by atoms with Crippen LogP contribution in [0.25, 0.3) is 0 Å². The van der Waals surface area contributed by atoms with Gasteiger partial charge in [-0.25, -0.2) is 4.79 Å². The van der Waals surface area contributed by atoms with Gasteiger partial charge in [0.25, 0.3) is 5.91 Å². The molecule has 1 N–H and O–H groups in total. The predicted molar refractivity (Wildman–Crippen MR) is 147 cm³/mol. The molecule has 3 aliphatic heterocycles. The number of piperidine rings is 1. The average Bonchev–Trinajstić information content (AvgIpc) is 3.12. The lowest BCUT2D eigenvalue weighted by molar-refractivity contribution is 0.0740. The van der Waals surface area contributed by atoms with E-state index >= 15 is 0 Å². The van der Waals surface area contributed by atoms with Crippen molar-refractivity contribution in [3.05, 3.63) is 69.2 Å². The molecule has 2 atom stereocenters. The highest BCUT2D eigenvalue weighted by molar-refractivity contribution is 6.42. The third-order valence-electron chi connectivity index (χ3n) is 7.87. The largest absolute Gasteiger partial charge is 0.338 e. The second-order valence-electron chi connectivity index (χ2n) is 9.87. The Hall–Kier alpha value is -1.99. The van der Waals surface area contributed by atoms with Crippen molar-refractivity contribution in [1.29, 1.82) is 0 Å². The van der Waals surface area contributed by atoms with E-state index in [1.54, 1.807) is 0 Å². The second kappa shape index (κ2) is 11.6. The second-order valence-corrected chi connectivity index (χ2v) is 10.7. The summed E-state index contributed by atoms with van der Waals surface area (Å²) in [4.78, 5) is 31.7. The molecule has 2 aromatic rings. The van der Waals surface area contributed by atoms with Gasteiger partial charge in [0, 0.05) is 50.7 Å². The van der Waals surface area contributed by atoms with Gasteiger partial charge in [0.15, 0.2) is 0 Å². The number of hydrogen-bond donors (Lipinski definition) is 1. The fourth-order valence-corrected chi connectivity index (χ4v) is 6.29. The molecule has 0 spiro atoms. The van der Waals surface area contributed by atoms with Crippen LogP contribution in [0.15, 0.2) is 42.5 Å². The topological polar surface area (TPSA) is 55.9 Å². The van der Waals surface area contributed by atoms with Crippen molar-refractivity contribution in [2.75, 3.05) is 39.8 Å². The highest BCUT2D eigenvalue weighted by Crippen LogP contribution is 2.45. The SMILES string of the molecule is CN1C(=O)c2ccccc2C1C(CCN1CCC(N2CCCNC2=O)CC1)c1ccc(Cl)c(Cl)c1.Cl. The summed E-state index contributed by atoms with van der Waals surface area (Å²) in [6.45, 7) is 4.50. The van der Waals surface area contributed by atoms with Gasteiger partial charge in [0.05, 0.1) is 16.1 Å². The highest BCUT2D eigenvalue weighted by atomic mass is 35.5. The molecular weight excluding hydrogens is 519 g/mol. The van der Waals surface area contributed by atoms with Crippen LogP contribution in [0.4, 0.5) is 4.79 Å². The van der Waals surface area contributed by atoms with Gasteiger partial charge < -0.3 is 20.0 Å². The number of urea groups is 1. The number of halogens is 3. The van der Waals surface area contributed by atoms with Crippen molar-refractivity contribution in [1.82, 2.24) is 20.0 Å². The molecule has 0 bridgehead atoms. The van der Waals surface area contributed by atoms with Crippen LogP contribution in [0.2, 0.25) is 10.0 Å². The minimum atomic E-state index is -0.0504. The standard InChI is InChI=1S/C27H32Cl2N4O2.ClH/c1-31-25(21-5-2-3-6-22(21)26(31)34)20(18-7-8-23(28)24(29)17-18)11-16-32-14-9-19(10-15-32)33-13-4-12-30-27(33)35;/h2-3,5-8,17,19-20,25H,4,9-16H2,1H3,(H,30,35);1H. The van der Waals surface area contributed by atoms with Gasteiger partial charge in [0.2, 0.25) is 0 Å². The number of carbonyl (C=O) groups is 2. The lowest BCUT2D eigenvalue weighted by Gasteiger charge is -2.40. The first-order chi connectivity index (χ1) is 16.9. The van der Waals surface area contributed by atoms with Gasteiger partial charge in [-0.05, 0) is 61.6 Å².